The lowest BCUT2D eigenvalue weighted by Gasteiger charge is -2.29. The van der Waals surface area contributed by atoms with Crippen molar-refractivity contribution in [3.05, 3.63) is 33.8 Å². The summed E-state index contributed by atoms with van der Waals surface area (Å²) in [5.41, 5.74) is 0.837. The molecule has 0 bridgehead atoms. The van der Waals surface area contributed by atoms with Crippen LogP contribution in [0, 0.1) is 17.2 Å². The van der Waals surface area contributed by atoms with Gasteiger partial charge in [0.05, 0.1) is 6.61 Å². The van der Waals surface area contributed by atoms with Crippen molar-refractivity contribution in [1.82, 2.24) is 5.32 Å². The van der Waals surface area contributed by atoms with Gasteiger partial charge in [0.2, 0.25) is 0 Å². The molecule has 0 spiro atoms. The standard InChI is InChI=1S/C20H25BrN2O2/c1-3-10-25-19-9-8-17(21)12-15(19)11-16(13-22)20(24)23-18-7-5-4-6-14(18)2/h8-9,11-12,14,18H,3-7,10H2,1-2H3,(H,23,24)/b16-11+. The highest BCUT2D eigenvalue weighted by Gasteiger charge is 2.24. The van der Waals surface area contributed by atoms with E-state index in [4.69, 9.17) is 4.74 Å². The predicted octanol–water partition coefficient (Wildman–Crippen LogP) is 4.84. The Bertz CT molecular complexity index is 679. The summed E-state index contributed by atoms with van der Waals surface area (Å²) >= 11 is 3.43. The first-order valence-electron chi connectivity index (χ1n) is 8.90. The fraction of sp³-hybridized carbons (Fsp3) is 0.500. The Morgan fingerprint density at radius 1 is 1.44 bits per heavy atom. The molecule has 1 amide bonds. The van der Waals surface area contributed by atoms with E-state index in [9.17, 15) is 10.1 Å². The van der Waals surface area contributed by atoms with Crippen molar-refractivity contribution in [1.29, 1.82) is 5.26 Å². The number of ether oxygens (including phenoxy) is 1. The second-order valence-electron chi connectivity index (χ2n) is 6.54. The molecule has 2 atom stereocenters. The Labute approximate surface area is 158 Å². The fourth-order valence-corrected chi connectivity index (χ4v) is 3.44. The van der Waals surface area contributed by atoms with Crippen LogP contribution in [0.25, 0.3) is 6.08 Å². The number of carbonyl (C=O) groups excluding carboxylic acids is 1. The quantitative estimate of drug-likeness (QED) is 0.544. The van der Waals surface area contributed by atoms with E-state index in [2.05, 4.69) is 28.2 Å². The molecule has 2 unspecified atom stereocenters. The van der Waals surface area contributed by atoms with Gasteiger partial charge in [0.25, 0.3) is 5.91 Å². The van der Waals surface area contributed by atoms with Crippen molar-refractivity contribution in [2.75, 3.05) is 6.61 Å². The third-order valence-corrected chi connectivity index (χ3v) is 5.02. The number of hydrogen-bond donors (Lipinski definition) is 1. The molecular formula is C20H25BrN2O2. The molecule has 5 heteroatoms. The number of rotatable bonds is 6. The summed E-state index contributed by atoms with van der Waals surface area (Å²) < 4.78 is 6.60. The highest BCUT2D eigenvalue weighted by Crippen LogP contribution is 2.27. The van der Waals surface area contributed by atoms with Crippen molar-refractivity contribution in [2.24, 2.45) is 5.92 Å². The van der Waals surface area contributed by atoms with E-state index >= 15 is 0 Å². The summed E-state index contributed by atoms with van der Waals surface area (Å²) in [6.07, 6.45) is 6.94. The number of hydrogen-bond acceptors (Lipinski definition) is 3. The molecule has 1 N–H and O–H groups in total. The van der Waals surface area contributed by atoms with Gasteiger partial charge in [-0.25, -0.2) is 0 Å². The first-order chi connectivity index (χ1) is 12.0. The number of nitriles is 1. The van der Waals surface area contributed by atoms with Crippen molar-refractivity contribution < 1.29 is 9.53 Å². The highest BCUT2D eigenvalue weighted by molar-refractivity contribution is 9.10. The van der Waals surface area contributed by atoms with Gasteiger partial charge in [-0.05, 0) is 49.5 Å². The molecule has 1 aliphatic carbocycles. The topological polar surface area (TPSA) is 62.1 Å². The molecule has 1 aliphatic rings. The molecule has 1 fully saturated rings. The van der Waals surface area contributed by atoms with Crippen molar-refractivity contribution >= 4 is 27.9 Å². The minimum Gasteiger partial charge on any atom is -0.493 e. The van der Waals surface area contributed by atoms with Gasteiger partial charge in [-0.2, -0.15) is 5.26 Å². The fourth-order valence-electron chi connectivity index (χ4n) is 3.06. The zero-order valence-corrected chi connectivity index (χ0v) is 16.4. The van der Waals surface area contributed by atoms with Gasteiger partial charge in [-0.3, -0.25) is 4.79 Å². The van der Waals surface area contributed by atoms with E-state index in [-0.39, 0.29) is 17.5 Å². The minimum atomic E-state index is -0.303. The molecule has 1 aromatic carbocycles. The summed E-state index contributed by atoms with van der Waals surface area (Å²) in [6.45, 7) is 4.79. The molecule has 0 radical (unpaired) electrons. The minimum absolute atomic E-state index is 0.109. The summed E-state index contributed by atoms with van der Waals surface area (Å²) in [6, 6.07) is 7.78. The third-order valence-electron chi connectivity index (χ3n) is 4.53. The average molecular weight is 405 g/mol. The second kappa shape index (κ2) is 9.62. The Hall–Kier alpha value is -1.80. The van der Waals surface area contributed by atoms with E-state index in [0.717, 1.165) is 35.7 Å². The van der Waals surface area contributed by atoms with Gasteiger partial charge in [-0.15, -0.1) is 0 Å². The highest BCUT2D eigenvalue weighted by atomic mass is 79.9. The van der Waals surface area contributed by atoms with Gasteiger partial charge < -0.3 is 10.1 Å². The number of nitrogens with zero attached hydrogens (tertiary/aromatic N) is 1. The Balaban J connectivity index is 2.20. The third kappa shape index (κ3) is 5.61. The lowest BCUT2D eigenvalue weighted by molar-refractivity contribution is -0.118. The molecule has 0 saturated heterocycles. The number of halogens is 1. The van der Waals surface area contributed by atoms with Gasteiger partial charge in [-0.1, -0.05) is 42.6 Å². The lowest BCUT2D eigenvalue weighted by atomic mass is 9.86. The van der Waals surface area contributed by atoms with Crippen LogP contribution in [-0.4, -0.2) is 18.6 Å². The van der Waals surface area contributed by atoms with Gasteiger partial charge in [0.15, 0.2) is 0 Å². The van der Waals surface area contributed by atoms with E-state index in [0.29, 0.717) is 18.3 Å². The van der Waals surface area contributed by atoms with Crippen molar-refractivity contribution in [3.63, 3.8) is 0 Å². The van der Waals surface area contributed by atoms with Crippen LogP contribution in [0.1, 0.15) is 51.5 Å². The predicted molar refractivity (Wildman–Crippen MR) is 103 cm³/mol. The summed E-state index contributed by atoms with van der Waals surface area (Å²) in [5.74, 6) is 0.825. The van der Waals surface area contributed by atoms with Crippen LogP contribution in [0.15, 0.2) is 28.2 Å². The van der Waals surface area contributed by atoms with Crippen LogP contribution in [-0.2, 0) is 4.79 Å². The van der Waals surface area contributed by atoms with Crippen LogP contribution in [0.5, 0.6) is 5.75 Å². The lowest BCUT2D eigenvalue weighted by Crippen LogP contribution is -2.41. The first-order valence-corrected chi connectivity index (χ1v) is 9.69. The maximum Gasteiger partial charge on any atom is 0.262 e. The maximum absolute atomic E-state index is 12.5. The smallest absolute Gasteiger partial charge is 0.262 e. The van der Waals surface area contributed by atoms with E-state index in [1.54, 1.807) is 6.08 Å². The average Bonchev–Trinajstić information content (AvgIpc) is 2.60. The van der Waals surface area contributed by atoms with E-state index < -0.39 is 0 Å². The van der Waals surface area contributed by atoms with Gasteiger partial charge in [0.1, 0.15) is 17.4 Å². The maximum atomic E-state index is 12.5. The number of amides is 1. The Morgan fingerprint density at radius 2 is 2.20 bits per heavy atom. The summed E-state index contributed by atoms with van der Waals surface area (Å²) in [5, 5.41) is 12.5. The zero-order chi connectivity index (χ0) is 18.2. The molecule has 4 nitrogen and oxygen atoms in total. The molecule has 2 rings (SSSR count). The second-order valence-corrected chi connectivity index (χ2v) is 7.46. The summed E-state index contributed by atoms with van der Waals surface area (Å²) in [4.78, 5) is 12.5. The number of nitrogens with one attached hydrogen (secondary N) is 1. The monoisotopic (exact) mass is 404 g/mol. The Kier molecular flexibility index (Phi) is 7.52. The van der Waals surface area contributed by atoms with Crippen LogP contribution < -0.4 is 10.1 Å². The largest absolute Gasteiger partial charge is 0.493 e. The van der Waals surface area contributed by atoms with Crippen molar-refractivity contribution in [3.8, 4) is 11.8 Å². The Morgan fingerprint density at radius 3 is 2.88 bits per heavy atom. The molecule has 1 saturated carbocycles. The van der Waals surface area contributed by atoms with E-state index in [1.807, 2.05) is 31.2 Å². The van der Waals surface area contributed by atoms with Crippen molar-refractivity contribution in [2.45, 2.75) is 52.0 Å². The zero-order valence-electron chi connectivity index (χ0n) is 14.8. The van der Waals surface area contributed by atoms with E-state index in [1.165, 1.54) is 6.42 Å². The summed E-state index contributed by atoms with van der Waals surface area (Å²) in [7, 11) is 0. The molecule has 25 heavy (non-hydrogen) atoms. The number of carbonyl (C=O) groups is 1. The first kappa shape index (κ1) is 19.5. The van der Waals surface area contributed by atoms with Crippen LogP contribution in [0.4, 0.5) is 0 Å². The molecule has 0 aromatic heterocycles. The van der Waals surface area contributed by atoms with Gasteiger partial charge >= 0.3 is 0 Å². The molecule has 0 aliphatic heterocycles. The number of benzene rings is 1. The molecular weight excluding hydrogens is 380 g/mol. The van der Waals surface area contributed by atoms with Crippen LogP contribution in [0.3, 0.4) is 0 Å². The normalized spacial score (nSPS) is 20.6. The van der Waals surface area contributed by atoms with Crippen LogP contribution in [0.2, 0.25) is 0 Å². The molecule has 134 valence electrons. The van der Waals surface area contributed by atoms with Gasteiger partial charge in [0, 0.05) is 16.1 Å². The molecule has 1 aromatic rings. The molecule has 0 heterocycles. The SMILES string of the molecule is CCCOc1ccc(Br)cc1/C=C(\C#N)C(=O)NC1CCCCC1C. The van der Waals surface area contributed by atoms with Crippen LogP contribution >= 0.6 is 15.9 Å².